The van der Waals surface area contributed by atoms with Crippen molar-refractivity contribution in [1.82, 2.24) is 10.3 Å². The molecule has 1 saturated carbocycles. The second kappa shape index (κ2) is 11.8. The van der Waals surface area contributed by atoms with Crippen LogP contribution in [0.4, 0.5) is 14.5 Å². The third kappa shape index (κ3) is 5.87. The Balaban J connectivity index is 1.43. The molecule has 1 aliphatic carbocycles. The number of carbonyl (C=O) groups is 2. The summed E-state index contributed by atoms with van der Waals surface area (Å²) in [4.78, 5) is 35.1. The van der Waals surface area contributed by atoms with Crippen LogP contribution in [0.2, 0.25) is 0 Å². The minimum Gasteiger partial charge on any atom is -0.495 e. The molecule has 3 aromatic carbocycles. The van der Waals surface area contributed by atoms with Gasteiger partial charge in [-0.3, -0.25) is 14.6 Å². The van der Waals surface area contributed by atoms with Gasteiger partial charge in [0.1, 0.15) is 40.6 Å². The number of aliphatic imine (C=N–C) groups is 1. The molecule has 0 radical (unpaired) electrons. The maximum absolute atomic E-state index is 14.2. The number of nitrogen functional groups attached to an aromatic ring is 1. The molecule has 10 nitrogen and oxygen atoms in total. The van der Waals surface area contributed by atoms with Gasteiger partial charge in [0, 0.05) is 41.3 Å². The van der Waals surface area contributed by atoms with Crippen LogP contribution in [-0.2, 0) is 15.8 Å². The number of hydrogen-bond donors (Lipinski definition) is 4. The van der Waals surface area contributed by atoms with E-state index in [9.17, 15) is 23.5 Å². The van der Waals surface area contributed by atoms with Crippen molar-refractivity contribution in [2.75, 3.05) is 26.0 Å². The van der Waals surface area contributed by atoms with Gasteiger partial charge in [0.25, 0.3) is 5.91 Å². The Morgan fingerprint density at radius 2 is 1.85 bits per heavy atom. The molecular weight excluding hydrogens is 608 g/mol. The summed E-state index contributed by atoms with van der Waals surface area (Å²) in [6, 6.07) is 18.6. The van der Waals surface area contributed by atoms with E-state index in [1.54, 1.807) is 43.3 Å². The van der Waals surface area contributed by atoms with E-state index in [-0.39, 0.29) is 47.3 Å². The summed E-state index contributed by atoms with van der Waals surface area (Å²) in [7, 11) is 1.39. The van der Waals surface area contributed by atoms with Crippen LogP contribution in [0.15, 0.2) is 77.8 Å². The average molecular weight is 642 g/mol. The van der Waals surface area contributed by atoms with Gasteiger partial charge in [-0.1, -0.05) is 30.3 Å². The molecule has 2 atom stereocenters. The van der Waals surface area contributed by atoms with Crippen molar-refractivity contribution < 1.29 is 33.0 Å². The van der Waals surface area contributed by atoms with Gasteiger partial charge in [0.05, 0.1) is 25.0 Å². The average Bonchev–Trinajstić information content (AvgIpc) is 3.72. The number of amides is 2. The third-order valence-corrected chi connectivity index (χ3v) is 8.67. The SMILES string of the molecule is COc1cc(C(=O)NCC(O)(c2ccccc2)c2cc3c(c(-c4ccc(F)cc4)n2)OC[C@]3(C)C(N)=O)cc(/C=N/C2(F)CC2)c1N. The number of pyridine rings is 1. The fourth-order valence-electron chi connectivity index (χ4n) is 5.44. The highest BCUT2D eigenvalue weighted by Crippen LogP contribution is 2.46. The van der Waals surface area contributed by atoms with E-state index in [1.165, 1.54) is 49.7 Å². The normalized spacial score (nSPS) is 19.0. The molecule has 2 heterocycles. The summed E-state index contributed by atoms with van der Waals surface area (Å²) in [5.41, 5.74) is 11.0. The molecule has 6 rings (SSSR count). The second-order valence-electron chi connectivity index (χ2n) is 12.0. The number of aromatic nitrogens is 1. The van der Waals surface area contributed by atoms with Gasteiger partial charge >= 0.3 is 0 Å². The predicted molar refractivity (Wildman–Crippen MR) is 172 cm³/mol. The Labute approximate surface area is 269 Å². The molecule has 0 bridgehead atoms. The number of benzene rings is 3. The van der Waals surface area contributed by atoms with Crippen molar-refractivity contribution in [3.05, 3.63) is 107 Å². The molecule has 1 aromatic heterocycles. The largest absolute Gasteiger partial charge is 0.495 e. The Morgan fingerprint density at radius 3 is 2.49 bits per heavy atom. The molecule has 0 spiro atoms. The molecule has 1 unspecified atom stereocenters. The zero-order chi connectivity index (χ0) is 33.6. The van der Waals surface area contributed by atoms with Gasteiger partial charge in [-0.05, 0) is 55.0 Å². The summed E-state index contributed by atoms with van der Waals surface area (Å²) in [5.74, 6) is -2.86. The molecule has 12 heteroatoms. The number of primary amides is 1. The minimum atomic E-state index is -1.95. The van der Waals surface area contributed by atoms with Crippen LogP contribution in [0.3, 0.4) is 0 Å². The van der Waals surface area contributed by atoms with E-state index in [2.05, 4.69) is 10.3 Å². The molecule has 1 aliphatic heterocycles. The van der Waals surface area contributed by atoms with Gasteiger partial charge in [-0.15, -0.1) is 0 Å². The maximum Gasteiger partial charge on any atom is 0.251 e. The van der Waals surface area contributed by atoms with Gasteiger partial charge in [0.2, 0.25) is 5.91 Å². The van der Waals surface area contributed by atoms with E-state index in [4.69, 9.17) is 25.9 Å². The first-order valence-electron chi connectivity index (χ1n) is 14.9. The fourth-order valence-corrected chi connectivity index (χ4v) is 5.44. The van der Waals surface area contributed by atoms with Crippen molar-refractivity contribution in [3.63, 3.8) is 0 Å². The van der Waals surface area contributed by atoms with Crippen LogP contribution < -0.4 is 26.3 Å². The highest BCUT2D eigenvalue weighted by molar-refractivity contribution is 5.99. The van der Waals surface area contributed by atoms with Crippen LogP contribution >= 0.6 is 0 Å². The minimum absolute atomic E-state index is 0.0639. The lowest BCUT2D eigenvalue weighted by Gasteiger charge is -2.30. The van der Waals surface area contributed by atoms with E-state index in [0.717, 1.165) is 0 Å². The predicted octanol–water partition coefficient (Wildman–Crippen LogP) is 4.16. The number of nitrogens with zero attached hydrogens (tertiary/aromatic N) is 2. The summed E-state index contributed by atoms with van der Waals surface area (Å²) in [6.07, 6.45) is 1.90. The molecular formula is C35H33F2N5O5. The first-order chi connectivity index (χ1) is 22.4. The number of alkyl halides is 1. The number of fused-ring (bicyclic) bond motifs is 1. The van der Waals surface area contributed by atoms with Crippen LogP contribution in [0.25, 0.3) is 11.3 Å². The van der Waals surface area contributed by atoms with Gasteiger partial charge in [0.15, 0.2) is 5.79 Å². The van der Waals surface area contributed by atoms with Crippen LogP contribution in [-0.4, -0.2) is 54.2 Å². The van der Waals surface area contributed by atoms with Crippen LogP contribution in [0, 0.1) is 5.82 Å². The van der Waals surface area contributed by atoms with Crippen molar-refractivity contribution in [2.24, 2.45) is 10.7 Å². The first-order valence-corrected chi connectivity index (χ1v) is 14.9. The van der Waals surface area contributed by atoms with Crippen LogP contribution in [0.5, 0.6) is 11.5 Å². The fraction of sp³-hybridized carbons (Fsp3) is 0.257. The number of aliphatic hydroxyl groups is 1. The topological polar surface area (TPSA) is 162 Å². The summed E-state index contributed by atoms with van der Waals surface area (Å²) in [5, 5.41) is 15.3. The monoisotopic (exact) mass is 641 g/mol. The summed E-state index contributed by atoms with van der Waals surface area (Å²) in [6.45, 7) is 1.19. The van der Waals surface area contributed by atoms with Gasteiger partial charge < -0.3 is 31.4 Å². The highest BCUT2D eigenvalue weighted by Gasteiger charge is 2.46. The molecule has 0 saturated heterocycles. The third-order valence-electron chi connectivity index (χ3n) is 8.67. The molecule has 242 valence electrons. The lowest BCUT2D eigenvalue weighted by atomic mass is 9.80. The number of anilines is 1. The lowest BCUT2D eigenvalue weighted by molar-refractivity contribution is -0.123. The van der Waals surface area contributed by atoms with Crippen molar-refractivity contribution >= 4 is 23.7 Å². The smallest absolute Gasteiger partial charge is 0.251 e. The number of methoxy groups -OCH3 is 1. The Hall–Kier alpha value is -5.36. The van der Waals surface area contributed by atoms with Crippen molar-refractivity contribution in [3.8, 4) is 22.8 Å². The number of ether oxygens (including phenoxy) is 2. The molecule has 6 N–H and O–H groups in total. The molecule has 47 heavy (non-hydrogen) atoms. The summed E-state index contributed by atoms with van der Waals surface area (Å²) >= 11 is 0. The molecule has 4 aromatic rings. The zero-order valence-corrected chi connectivity index (χ0v) is 25.7. The van der Waals surface area contributed by atoms with E-state index >= 15 is 0 Å². The van der Waals surface area contributed by atoms with Crippen molar-refractivity contribution in [2.45, 2.75) is 36.6 Å². The standard InChI is InChI=1S/C35H33F2N5O5/c1-33(32(39)44)19-47-30-25(33)16-27(42-29(30)20-8-10-24(36)11-9-20)35(45,23-6-4-3-5-7-23)18-40-31(43)21-14-22(17-41-34(37)12-13-34)28(38)26(15-21)46-2/h3-11,14-17,45H,12-13,18-19,38H2,1-2H3,(H2,39,44)(H,40,43)/b41-17+/t33-,35?/m0/s1. The number of rotatable bonds is 10. The zero-order valence-electron chi connectivity index (χ0n) is 25.7. The quantitative estimate of drug-likeness (QED) is 0.115. The summed E-state index contributed by atoms with van der Waals surface area (Å²) < 4.78 is 39.4. The number of carbonyl (C=O) groups excluding carboxylic acids is 2. The van der Waals surface area contributed by atoms with E-state index in [1.807, 2.05) is 0 Å². The van der Waals surface area contributed by atoms with E-state index in [0.29, 0.717) is 35.1 Å². The Morgan fingerprint density at radius 1 is 1.15 bits per heavy atom. The number of halogens is 2. The van der Waals surface area contributed by atoms with Crippen LogP contribution in [0.1, 0.15) is 52.5 Å². The molecule has 1 fully saturated rings. The van der Waals surface area contributed by atoms with Gasteiger partial charge in [-0.25, -0.2) is 13.8 Å². The first kappa shape index (κ1) is 31.6. The second-order valence-corrected chi connectivity index (χ2v) is 12.0. The molecule has 2 aliphatic rings. The highest BCUT2D eigenvalue weighted by atomic mass is 19.1. The number of nitrogens with two attached hydrogens (primary N) is 2. The molecule has 2 amide bonds. The van der Waals surface area contributed by atoms with E-state index < -0.39 is 34.4 Å². The Kier molecular flexibility index (Phi) is 7.92. The Bertz CT molecular complexity index is 1900. The maximum atomic E-state index is 14.2. The number of nitrogens with one attached hydrogen (secondary N) is 1. The van der Waals surface area contributed by atoms with Crippen molar-refractivity contribution in [1.29, 1.82) is 0 Å². The lowest BCUT2D eigenvalue weighted by Crippen LogP contribution is -2.43. The number of hydrogen-bond acceptors (Lipinski definition) is 8. The van der Waals surface area contributed by atoms with Gasteiger partial charge in [-0.2, -0.15) is 0 Å².